The highest BCUT2D eigenvalue weighted by Gasteiger charge is 2.11. The summed E-state index contributed by atoms with van der Waals surface area (Å²) in [6, 6.07) is 4.20. The number of hydrogen-bond acceptors (Lipinski definition) is 3. The highest BCUT2D eigenvalue weighted by molar-refractivity contribution is 5.44. The Morgan fingerprint density at radius 3 is 2.56 bits per heavy atom. The molecule has 0 aromatic heterocycles. The molecule has 0 aliphatic rings. The average molecular weight is 229 g/mol. The van der Waals surface area contributed by atoms with Gasteiger partial charge in [0.15, 0.2) is 0 Å². The average Bonchev–Trinajstić information content (AvgIpc) is 2.24. The Balaban J connectivity index is 2.83. The second kappa shape index (κ2) is 5.77. The molecule has 0 heterocycles. The van der Waals surface area contributed by atoms with Gasteiger partial charge in [-0.25, -0.2) is 9.93 Å². The highest BCUT2D eigenvalue weighted by atomic mass is 19.2. The first-order valence-corrected chi connectivity index (χ1v) is 5.09. The Kier molecular flexibility index (Phi) is 4.64. The smallest absolute Gasteiger partial charge is 0.125 e. The molecule has 90 valence electrons. The summed E-state index contributed by atoms with van der Waals surface area (Å²) in [5.74, 6) is -0.452. The maximum Gasteiger partial charge on any atom is 0.125 e. The summed E-state index contributed by atoms with van der Waals surface area (Å²) < 4.78 is 25.3. The zero-order chi connectivity index (χ0) is 12.1. The van der Waals surface area contributed by atoms with Crippen LogP contribution in [0.2, 0.25) is 0 Å². The maximum atomic E-state index is 13.1. The summed E-state index contributed by atoms with van der Waals surface area (Å²) in [5, 5.41) is 0. The molecule has 1 aromatic rings. The molecule has 1 aromatic carbocycles. The molecule has 5 heteroatoms. The van der Waals surface area contributed by atoms with Gasteiger partial charge in [0.1, 0.15) is 5.82 Å². The molecule has 0 bridgehead atoms. The zero-order valence-electron chi connectivity index (χ0n) is 9.50. The summed E-state index contributed by atoms with van der Waals surface area (Å²) >= 11 is 0. The molecule has 0 radical (unpaired) electrons. The quantitative estimate of drug-likeness (QED) is 0.753. The first-order valence-electron chi connectivity index (χ1n) is 5.09. The summed E-state index contributed by atoms with van der Waals surface area (Å²) in [4.78, 5) is 1.97. The van der Waals surface area contributed by atoms with E-state index >= 15 is 0 Å². The van der Waals surface area contributed by atoms with Crippen LogP contribution in [0, 0.1) is 5.82 Å². The Hall–Kier alpha value is -1.20. The molecule has 0 amide bonds. The van der Waals surface area contributed by atoms with E-state index in [0.717, 1.165) is 11.6 Å². The van der Waals surface area contributed by atoms with Crippen molar-refractivity contribution in [3.63, 3.8) is 0 Å². The van der Waals surface area contributed by atoms with E-state index in [1.54, 1.807) is 6.07 Å². The third-order valence-corrected chi connectivity index (χ3v) is 2.54. The summed E-state index contributed by atoms with van der Waals surface area (Å²) in [6.45, 7) is 0.474. The van der Waals surface area contributed by atoms with Crippen molar-refractivity contribution in [1.82, 2.24) is 4.90 Å². The SMILES string of the molecule is CN(C)C(CN)Cc1cc(F)cc(NF)c1. The third-order valence-electron chi connectivity index (χ3n) is 2.54. The van der Waals surface area contributed by atoms with Crippen molar-refractivity contribution >= 4 is 5.69 Å². The molecule has 1 atom stereocenters. The van der Waals surface area contributed by atoms with E-state index in [4.69, 9.17) is 5.73 Å². The van der Waals surface area contributed by atoms with Crippen LogP contribution in [-0.4, -0.2) is 31.6 Å². The van der Waals surface area contributed by atoms with Crippen molar-refractivity contribution in [3.8, 4) is 0 Å². The minimum atomic E-state index is -0.452. The number of rotatable bonds is 5. The Morgan fingerprint density at radius 1 is 1.38 bits per heavy atom. The molecule has 0 saturated carbocycles. The standard InChI is InChI=1S/C11H17F2N3/c1-16(2)11(7-14)5-8-3-9(12)6-10(4-8)15-13/h3-4,6,11,15H,5,7,14H2,1-2H3. The van der Waals surface area contributed by atoms with Crippen LogP contribution < -0.4 is 11.3 Å². The lowest BCUT2D eigenvalue weighted by Crippen LogP contribution is -2.36. The Morgan fingerprint density at radius 2 is 2.06 bits per heavy atom. The second-order valence-corrected chi connectivity index (χ2v) is 4.00. The number of nitrogens with one attached hydrogen (secondary N) is 1. The van der Waals surface area contributed by atoms with Crippen LogP contribution in [0.5, 0.6) is 0 Å². The number of hydrogen-bond donors (Lipinski definition) is 2. The minimum Gasteiger partial charge on any atom is -0.329 e. The predicted octanol–water partition coefficient (Wildman–Crippen LogP) is 1.55. The van der Waals surface area contributed by atoms with E-state index in [2.05, 4.69) is 0 Å². The van der Waals surface area contributed by atoms with Crippen molar-refractivity contribution in [1.29, 1.82) is 0 Å². The van der Waals surface area contributed by atoms with Crippen molar-refractivity contribution in [2.75, 3.05) is 26.2 Å². The minimum absolute atomic E-state index is 0.120. The van der Waals surface area contributed by atoms with Crippen LogP contribution >= 0.6 is 0 Å². The van der Waals surface area contributed by atoms with Gasteiger partial charge in [-0.1, -0.05) is 0 Å². The normalized spacial score (nSPS) is 12.9. The lowest BCUT2D eigenvalue weighted by atomic mass is 10.0. The lowest BCUT2D eigenvalue weighted by molar-refractivity contribution is 0.297. The van der Waals surface area contributed by atoms with Crippen LogP contribution in [0.1, 0.15) is 5.56 Å². The van der Waals surface area contributed by atoms with Gasteiger partial charge in [0.05, 0.1) is 5.69 Å². The Bertz CT molecular complexity index is 342. The largest absolute Gasteiger partial charge is 0.329 e. The van der Waals surface area contributed by atoms with Gasteiger partial charge in [-0.05, 0) is 44.3 Å². The number of nitrogens with two attached hydrogens (primary N) is 1. The molecule has 1 unspecified atom stereocenters. The van der Waals surface area contributed by atoms with Crippen LogP contribution in [-0.2, 0) is 6.42 Å². The highest BCUT2D eigenvalue weighted by Crippen LogP contribution is 2.16. The van der Waals surface area contributed by atoms with Gasteiger partial charge in [-0.15, -0.1) is 4.48 Å². The van der Waals surface area contributed by atoms with Gasteiger partial charge in [0.2, 0.25) is 0 Å². The Labute approximate surface area is 94.2 Å². The second-order valence-electron chi connectivity index (χ2n) is 4.00. The maximum absolute atomic E-state index is 13.1. The number of likely N-dealkylation sites (N-methyl/N-ethyl adjacent to an activating group) is 1. The molecule has 3 N–H and O–H groups in total. The topological polar surface area (TPSA) is 41.3 Å². The number of anilines is 1. The zero-order valence-corrected chi connectivity index (χ0v) is 9.50. The summed E-state index contributed by atoms with van der Waals surface area (Å²) in [5.41, 5.74) is 7.90. The first kappa shape index (κ1) is 12.9. The molecular weight excluding hydrogens is 212 g/mol. The molecule has 0 aliphatic heterocycles. The summed E-state index contributed by atoms with van der Waals surface area (Å²) in [7, 11) is 3.82. The fraction of sp³-hybridized carbons (Fsp3) is 0.455. The van der Waals surface area contributed by atoms with Gasteiger partial charge >= 0.3 is 0 Å². The molecule has 0 aliphatic carbocycles. The molecule has 3 nitrogen and oxygen atoms in total. The number of nitrogens with zero attached hydrogens (tertiary/aromatic N) is 1. The van der Waals surface area contributed by atoms with Gasteiger partial charge in [0, 0.05) is 12.6 Å². The molecule has 0 spiro atoms. The summed E-state index contributed by atoms with van der Waals surface area (Å²) in [6.07, 6.45) is 0.593. The van der Waals surface area contributed by atoms with Gasteiger partial charge in [-0.3, -0.25) is 0 Å². The van der Waals surface area contributed by atoms with E-state index in [0.29, 0.717) is 13.0 Å². The van der Waals surface area contributed by atoms with Crippen molar-refractivity contribution in [2.24, 2.45) is 5.73 Å². The molecule has 16 heavy (non-hydrogen) atoms. The van der Waals surface area contributed by atoms with Crippen molar-refractivity contribution < 1.29 is 8.87 Å². The molecular formula is C11H17F2N3. The molecule has 0 saturated heterocycles. The first-order chi connectivity index (χ1) is 7.56. The third kappa shape index (κ3) is 3.43. The fourth-order valence-corrected chi connectivity index (χ4v) is 1.57. The fourth-order valence-electron chi connectivity index (χ4n) is 1.57. The van der Waals surface area contributed by atoms with E-state index in [1.165, 1.54) is 11.6 Å². The van der Waals surface area contributed by atoms with Gasteiger partial charge in [-0.2, -0.15) is 0 Å². The van der Waals surface area contributed by atoms with Crippen LogP contribution in [0.3, 0.4) is 0 Å². The number of halogens is 2. The van der Waals surface area contributed by atoms with E-state index in [-0.39, 0.29) is 11.7 Å². The van der Waals surface area contributed by atoms with Crippen LogP contribution in [0.25, 0.3) is 0 Å². The van der Waals surface area contributed by atoms with E-state index in [1.807, 2.05) is 19.0 Å². The van der Waals surface area contributed by atoms with Gasteiger partial charge in [0.25, 0.3) is 0 Å². The monoisotopic (exact) mass is 229 g/mol. The number of benzene rings is 1. The molecule has 0 fully saturated rings. The van der Waals surface area contributed by atoms with Crippen molar-refractivity contribution in [2.45, 2.75) is 12.5 Å². The molecule has 1 rings (SSSR count). The predicted molar refractivity (Wildman–Crippen MR) is 61.4 cm³/mol. The van der Waals surface area contributed by atoms with Crippen LogP contribution in [0.15, 0.2) is 18.2 Å². The van der Waals surface area contributed by atoms with Crippen molar-refractivity contribution in [3.05, 3.63) is 29.6 Å². The van der Waals surface area contributed by atoms with E-state index in [9.17, 15) is 8.87 Å². The van der Waals surface area contributed by atoms with E-state index < -0.39 is 5.82 Å². The van der Waals surface area contributed by atoms with Gasteiger partial charge < -0.3 is 10.6 Å². The van der Waals surface area contributed by atoms with Crippen LogP contribution in [0.4, 0.5) is 14.6 Å². The lowest BCUT2D eigenvalue weighted by Gasteiger charge is -2.22.